The van der Waals surface area contributed by atoms with Crippen molar-refractivity contribution in [3.63, 3.8) is 0 Å². The molecule has 3 heteroatoms. The highest BCUT2D eigenvalue weighted by molar-refractivity contribution is 5.38. The van der Waals surface area contributed by atoms with E-state index in [1.165, 1.54) is 6.07 Å². The molecule has 0 unspecified atom stereocenters. The molecule has 1 heterocycles. The lowest BCUT2D eigenvalue weighted by molar-refractivity contribution is 0.231. The van der Waals surface area contributed by atoms with E-state index >= 15 is 0 Å². The summed E-state index contributed by atoms with van der Waals surface area (Å²) in [6.45, 7) is 11.2. The van der Waals surface area contributed by atoms with Crippen LogP contribution in [0.5, 0.6) is 5.75 Å². The maximum absolute atomic E-state index is 13.6. The van der Waals surface area contributed by atoms with Gasteiger partial charge in [-0.15, -0.1) is 0 Å². The van der Waals surface area contributed by atoms with Gasteiger partial charge >= 0.3 is 0 Å². The highest BCUT2D eigenvalue weighted by Crippen LogP contribution is 2.27. The Bertz CT molecular complexity index is 365. The van der Waals surface area contributed by atoms with E-state index in [9.17, 15) is 4.39 Å². The van der Waals surface area contributed by atoms with E-state index in [1.54, 1.807) is 0 Å². The molecule has 0 bridgehead atoms. The molecule has 0 amide bonds. The Morgan fingerprint density at radius 1 is 1.35 bits per heavy atom. The van der Waals surface area contributed by atoms with Crippen molar-refractivity contribution in [3.8, 4) is 5.75 Å². The zero-order valence-electron chi connectivity index (χ0n) is 11.2. The Balaban J connectivity index is 0.000000686. The van der Waals surface area contributed by atoms with Gasteiger partial charge in [-0.2, -0.15) is 0 Å². The van der Waals surface area contributed by atoms with Gasteiger partial charge in [0.2, 0.25) is 0 Å². The lowest BCUT2D eigenvalue weighted by Crippen LogP contribution is -2.25. The van der Waals surface area contributed by atoms with Crippen LogP contribution in [0.2, 0.25) is 0 Å². The van der Waals surface area contributed by atoms with Gasteiger partial charge in [0.15, 0.2) is 11.6 Å². The van der Waals surface area contributed by atoms with Crippen molar-refractivity contribution in [3.05, 3.63) is 29.1 Å². The Kier molecular flexibility index (Phi) is 5.42. The summed E-state index contributed by atoms with van der Waals surface area (Å²) in [5.74, 6) is 0.208. The first-order valence-corrected chi connectivity index (χ1v) is 6.35. The van der Waals surface area contributed by atoms with Crippen molar-refractivity contribution in [2.24, 2.45) is 0 Å². The first kappa shape index (κ1) is 14.0. The highest BCUT2D eigenvalue weighted by Gasteiger charge is 2.17. The van der Waals surface area contributed by atoms with Gasteiger partial charge in [0.1, 0.15) is 6.61 Å². The molecule has 0 fully saturated rings. The third-order valence-electron chi connectivity index (χ3n) is 2.76. The second-order valence-electron chi connectivity index (χ2n) is 3.95. The summed E-state index contributed by atoms with van der Waals surface area (Å²) in [7, 11) is 0. The van der Waals surface area contributed by atoms with E-state index in [2.05, 4.69) is 11.8 Å². The summed E-state index contributed by atoms with van der Waals surface area (Å²) in [5.41, 5.74) is 1.92. The number of fused-ring (bicyclic) bond motifs is 1. The Morgan fingerprint density at radius 2 is 2.06 bits per heavy atom. The predicted octanol–water partition coefficient (Wildman–Crippen LogP) is 3.37. The van der Waals surface area contributed by atoms with Gasteiger partial charge in [-0.05, 0) is 25.1 Å². The summed E-state index contributed by atoms with van der Waals surface area (Å²) >= 11 is 0. The van der Waals surface area contributed by atoms with Gasteiger partial charge in [0.25, 0.3) is 0 Å². The molecule has 1 aromatic carbocycles. The van der Waals surface area contributed by atoms with Crippen LogP contribution < -0.4 is 4.74 Å². The van der Waals surface area contributed by atoms with Crippen LogP contribution in [0.1, 0.15) is 31.9 Å². The standard InChI is InChI=1S/C12H16FNO.C2H6/c1-3-14-4-5-15-12-10(8-14)6-9(2)7-11(12)13;1-2/h6-7H,3-5,8H2,1-2H3;1-2H3. The second kappa shape index (κ2) is 6.60. The van der Waals surface area contributed by atoms with Gasteiger partial charge in [-0.25, -0.2) is 4.39 Å². The minimum Gasteiger partial charge on any atom is -0.489 e. The average Bonchev–Trinajstić information content (AvgIpc) is 2.53. The molecule has 0 aromatic heterocycles. The normalized spacial score (nSPS) is 15.1. The molecule has 0 spiro atoms. The number of halogens is 1. The van der Waals surface area contributed by atoms with Gasteiger partial charge in [0, 0.05) is 18.7 Å². The number of nitrogens with zero attached hydrogens (tertiary/aromatic N) is 1. The molecule has 0 radical (unpaired) electrons. The third kappa shape index (κ3) is 3.43. The van der Waals surface area contributed by atoms with Crippen LogP contribution in [0.15, 0.2) is 12.1 Å². The van der Waals surface area contributed by atoms with Crippen LogP contribution in [0.25, 0.3) is 0 Å². The van der Waals surface area contributed by atoms with E-state index in [-0.39, 0.29) is 5.82 Å². The van der Waals surface area contributed by atoms with E-state index in [0.717, 1.165) is 30.8 Å². The number of ether oxygens (including phenoxy) is 1. The molecule has 0 N–H and O–H groups in total. The van der Waals surface area contributed by atoms with Crippen molar-refractivity contribution in [1.82, 2.24) is 4.90 Å². The van der Waals surface area contributed by atoms with Gasteiger partial charge in [-0.1, -0.05) is 26.8 Å². The van der Waals surface area contributed by atoms with Crippen LogP contribution in [0.3, 0.4) is 0 Å². The van der Waals surface area contributed by atoms with Crippen molar-refractivity contribution in [1.29, 1.82) is 0 Å². The minimum absolute atomic E-state index is 0.233. The molecule has 96 valence electrons. The lowest BCUT2D eigenvalue weighted by atomic mass is 10.1. The zero-order chi connectivity index (χ0) is 12.8. The quantitative estimate of drug-likeness (QED) is 0.745. The topological polar surface area (TPSA) is 12.5 Å². The summed E-state index contributed by atoms with van der Waals surface area (Å²) in [6.07, 6.45) is 0. The van der Waals surface area contributed by atoms with Crippen LogP contribution in [0.4, 0.5) is 4.39 Å². The molecular weight excluding hydrogens is 217 g/mol. The Labute approximate surface area is 103 Å². The van der Waals surface area contributed by atoms with Crippen LogP contribution in [0, 0.1) is 12.7 Å². The first-order valence-electron chi connectivity index (χ1n) is 6.35. The fourth-order valence-corrected chi connectivity index (χ4v) is 1.95. The smallest absolute Gasteiger partial charge is 0.165 e. The second-order valence-corrected chi connectivity index (χ2v) is 3.95. The van der Waals surface area contributed by atoms with E-state index in [4.69, 9.17) is 4.74 Å². The summed E-state index contributed by atoms with van der Waals surface area (Å²) in [4.78, 5) is 2.25. The summed E-state index contributed by atoms with van der Waals surface area (Å²) in [5, 5.41) is 0. The molecule has 1 aromatic rings. The molecule has 1 aliphatic heterocycles. The molecule has 17 heavy (non-hydrogen) atoms. The van der Waals surface area contributed by atoms with Gasteiger partial charge < -0.3 is 4.74 Å². The monoisotopic (exact) mass is 239 g/mol. The van der Waals surface area contributed by atoms with Crippen molar-refractivity contribution in [2.45, 2.75) is 34.2 Å². The largest absolute Gasteiger partial charge is 0.489 e. The molecule has 0 atom stereocenters. The number of hydrogen-bond donors (Lipinski definition) is 0. The van der Waals surface area contributed by atoms with Crippen molar-refractivity contribution >= 4 is 0 Å². The maximum atomic E-state index is 13.6. The van der Waals surface area contributed by atoms with E-state index < -0.39 is 0 Å². The molecule has 2 nitrogen and oxygen atoms in total. The maximum Gasteiger partial charge on any atom is 0.165 e. The number of benzene rings is 1. The fraction of sp³-hybridized carbons (Fsp3) is 0.571. The lowest BCUT2D eigenvalue weighted by Gasteiger charge is -2.16. The summed E-state index contributed by atoms with van der Waals surface area (Å²) < 4.78 is 19.0. The van der Waals surface area contributed by atoms with E-state index in [1.807, 2.05) is 26.8 Å². The molecule has 0 saturated heterocycles. The molecule has 0 saturated carbocycles. The first-order chi connectivity index (χ1) is 8.20. The molecule has 1 aliphatic rings. The van der Waals surface area contributed by atoms with Crippen LogP contribution >= 0.6 is 0 Å². The van der Waals surface area contributed by atoms with Crippen molar-refractivity contribution < 1.29 is 9.13 Å². The van der Waals surface area contributed by atoms with Crippen LogP contribution in [-0.4, -0.2) is 24.6 Å². The number of hydrogen-bond acceptors (Lipinski definition) is 2. The highest BCUT2D eigenvalue weighted by atomic mass is 19.1. The number of likely N-dealkylation sites (N-methyl/N-ethyl adjacent to an activating group) is 1. The third-order valence-corrected chi connectivity index (χ3v) is 2.76. The Hall–Kier alpha value is -1.09. The number of rotatable bonds is 1. The molecule has 0 aliphatic carbocycles. The SMILES string of the molecule is CC.CCN1CCOc2c(F)cc(C)cc2C1. The summed E-state index contributed by atoms with van der Waals surface area (Å²) in [6, 6.07) is 3.53. The Morgan fingerprint density at radius 3 is 2.71 bits per heavy atom. The zero-order valence-corrected chi connectivity index (χ0v) is 11.2. The van der Waals surface area contributed by atoms with Crippen LogP contribution in [-0.2, 0) is 6.54 Å². The minimum atomic E-state index is -0.233. The van der Waals surface area contributed by atoms with Gasteiger partial charge in [-0.3, -0.25) is 4.90 Å². The predicted molar refractivity (Wildman–Crippen MR) is 68.9 cm³/mol. The molecular formula is C14H22FNO. The van der Waals surface area contributed by atoms with Gasteiger partial charge in [0.05, 0.1) is 0 Å². The average molecular weight is 239 g/mol. The number of aryl methyl sites for hydroxylation is 1. The van der Waals surface area contributed by atoms with Crippen molar-refractivity contribution in [2.75, 3.05) is 19.7 Å². The molecule has 2 rings (SSSR count). The fourth-order valence-electron chi connectivity index (χ4n) is 1.95. The van der Waals surface area contributed by atoms with E-state index in [0.29, 0.717) is 12.4 Å².